The van der Waals surface area contributed by atoms with Crippen molar-refractivity contribution in [3.8, 4) is 0 Å². The van der Waals surface area contributed by atoms with E-state index in [1.807, 2.05) is 18.2 Å². The minimum Gasteiger partial charge on any atom is -0.459 e. The molecule has 2 aliphatic heterocycles. The predicted molar refractivity (Wildman–Crippen MR) is 119 cm³/mol. The number of nitrogens with one attached hydrogen (secondary N) is 1. The molecule has 2 aliphatic rings. The van der Waals surface area contributed by atoms with Crippen LogP contribution >= 0.6 is 11.3 Å². The van der Waals surface area contributed by atoms with Gasteiger partial charge in [0, 0.05) is 37.8 Å². The first-order chi connectivity index (χ1) is 15.2. The summed E-state index contributed by atoms with van der Waals surface area (Å²) in [5, 5.41) is 4.04. The summed E-state index contributed by atoms with van der Waals surface area (Å²) >= 11 is 1.64. The van der Waals surface area contributed by atoms with Crippen LogP contribution in [0.25, 0.3) is 10.2 Å². The largest absolute Gasteiger partial charge is 0.459 e. The first kappa shape index (κ1) is 20.0. The van der Waals surface area contributed by atoms with E-state index in [4.69, 9.17) is 14.1 Å². The molecule has 162 valence electrons. The third kappa shape index (κ3) is 4.28. The molecule has 0 unspecified atom stereocenters. The molecule has 3 aromatic rings. The number of carbonyl (C=O) groups is 2. The van der Waals surface area contributed by atoms with Gasteiger partial charge in [-0.3, -0.25) is 9.59 Å². The zero-order valence-corrected chi connectivity index (χ0v) is 17.9. The molecule has 5 rings (SSSR count). The Morgan fingerprint density at radius 2 is 1.90 bits per heavy atom. The quantitative estimate of drug-likeness (QED) is 0.670. The second-order valence-corrected chi connectivity index (χ2v) is 8.82. The number of ether oxygens (including phenoxy) is 1. The monoisotopic (exact) mass is 440 g/mol. The van der Waals surface area contributed by atoms with Crippen LogP contribution in [0.3, 0.4) is 0 Å². The molecule has 0 aliphatic carbocycles. The summed E-state index contributed by atoms with van der Waals surface area (Å²) in [6.45, 7) is 4.25. The number of furan rings is 1. The van der Waals surface area contributed by atoms with Crippen LogP contribution in [0.5, 0.6) is 0 Å². The van der Waals surface area contributed by atoms with E-state index in [1.54, 1.807) is 28.4 Å². The Bertz CT molecular complexity index is 1070. The van der Waals surface area contributed by atoms with Crippen LogP contribution in [0.1, 0.15) is 23.4 Å². The van der Waals surface area contributed by atoms with Gasteiger partial charge in [-0.25, -0.2) is 4.98 Å². The zero-order chi connectivity index (χ0) is 21.2. The molecule has 2 fully saturated rings. The van der Waals surface area contributed by atoms with Gasteiger partial charge in [0.25, 0.3) is 5.91 Å². The normalized spacial score (nSPS) is 17.8. The summed E-state index contributed by atoms with van der Waals surface area (Å²) in [5.74, 6) is 0.122. The molecule has 31 heavy (non-hydrogen) atoms. The number of aromatic nitrogens is 1. The molecule has 0 bridgehead atoms. The highest BCUT2D eigenvalue weighted by Gasteiger charge is 2.29. The van der Waals surface area contributed by atoms with Gasteiger partial charge in [-0.1, -0.05) is 11.3 Å². The highest BCUT2D eigenvalue weighted by atomic mass is 32.1. The van der Waals surface area contributed by atoms with Crippen molar-refractivity contribution >= 4 is 44.2 Å². The first-order valence-corrected chi connectivity index (χ1v) is 11.4. The minimum atomic E-state index is -0.115. The van der Waals surface area contributed by atoms with Crippen LogP contribution < -0.4 is 10.2 Å². The number of nitrogens with zero attached hydrogens (tertiary/aromatic N) is 3. The van der Waals surface area contributed by atoms with Crippen LogP contribution in [0, 0.1) is 5.92 Å². The lowest BCUT2D eigenvalue weighted by molar-refractivity contribution is -0.121. The number of piperidine rings is 1. The second-order valence-electron chi connectivity index (χ2n) is 7.81. The second kappa shape index (κ2) is 8.68. The van der Waals surface area contributed by atoms with Gasteiger partial charge >= 0.3 is 0 Å². The number of anilines is 2. The Balaban J connectivity index is 1.20. The highest BCUT2D eigenvalue weighted by Crippen LogP contribution is 2.31. The molecular weight excluding hydrogens is 416 g/mol. The maximum atomic E-state index is 12.8. The number of benzene rings is 1. The number of likely N-dealkylation sites (tertiary alicyclic amines) is 1. The minimum absolute atomic E-state index is 0.00219. The van der Waals surface area contributed by atoms with Gasteiger partial charge in [0.1, 0.15) is 0 Å². The van der Waals surface area contributed by atoms with E-state index in [2.05, 4.69) is 10.2 Å². The number of hydrogen-bond acceptors (Lipinski definition) is 7. The molecule has 2 aromatic heterocycles. The molecule has 0 radical (unpaired) electrons. The van der Waals surface area contributed by atoms with E-state index in [9.17, 15) is 9.59 Å². The fourth-order valence-electron chi connectivity index (χ4n) is 4.03. The lowest BCUT2D eigenvalue weighted by atomic mass is 9.95. The number of rotatable bonds is 4. The summed E-state index contributed by atoms with van der Waals surface area (Å²) in [7, 11) is 0. The smallest absolute Gasteiger partial charge is 0.289 e. The number of amides is 2. The summed E-state index contributed by atoms with van der Waals surface area (Å²) < 4.78 is 11.7. The van der Waals surface area contributed by atoms with Crippen molar-refractivity contribution in [1.29, 1.82) is 0 Å². The molecule has 8 nitrogen and oxygen atoms in total. The molecule has 0 atom stereocenters. The summed E-state index contributed by atoms with van der Waals surface area (Å²) in [4.78, 5) is 33.9. The lowest BCUT2D eigenvalue weighted by Crippen LogP contribution is -2.41. The van der Waals surface area contributed by atoms with Crippen LogP contribution in [0.15, 0.2) is 41.0 Å². The Hall–Kier alpha value is -2.91. The fraction of sp³-hybridized carbons (Fsp3) is 0.409. The Kier molecular flexibility index (Phi) is 5.61. The van der Waals surface area contributed by atoms with Crippen molar-refractivity contribution in [2.75, 3.05) is 49.6 Å². The van der Waals surface area contributed by atoms with E-state index in [0.29, 0.717) is 31.7 Å². The van der Waals surface area contributed by atoms with Gasteiger partial charge in [0.15, 0.2) is 10.9 Å². The van der Waals surface area contributed by atoms with Crippen LogP contribution in [0.4, 0.5) is 10.8 Å². The topological polar surface area (TPSA) is 87.9 Å². The number of fused-ring (bicyclic) bond motifs is 1. The first-order valence-electron chi connectivity index (χ1n) is 10.5. The Morgan fingerprint density at radius 1 is 1.10 bits per heavy atom. The number of carbonyl (C=O) groups excluding carboxylic acids is 2. The van der Waals surface area contributed by atoms with E-state index in [-0.39, 0.29) is 17.7 Å². The third-order valence-electron chi connectivity index (χ3n) is 5.81. The summed E-state index contributed by atoms with van der Waals surface area (Å²) in [5.41, 5.74) is 1.72. The lowest BCUT2D eigenvalue weighted by Gasteiger charge is -2.30. The third-order valence-corrected chi connectivity index (χ3v) is 6.89. The van der Waals surface area contributed by atoms with Gasteiger partial charge in [-0.15, -0.1) is 0 Å². The average molecular weight is 441 g/mol. The van der Waals surface area contributed by atoms with E-state index < -0.39 is 0 Å². The fourth-order valence-corrected chi connectivity index (χ4v) is 5.08. The molecule has 0 saturated carbocycles. The molecule has 4 heterocycles. The van der Waals surface area contributed by atoms with Crippen LogP contribution in [-0.4, -0.2) is 61.1 Å². The zero-order valence-electron chi connectivity index (χ0n) is 17.1. The molecule has 0 spiro atoms. The molecule has 9 heteroatoms. The summed E-state index contributed by atoms with van der Waals surface area (Å²) in [6.07, 6.45) is 2.78. The number of thiazole rings is 1. The Morgan fingerprint density at radius 3 is 2.65 bits per heavy atom. The van der Waals surface area contributed by atoms with Crippen LogP contribution in [0.2, 0.25) is 0 Å². The van der Waals surface area contributed by atoms with Crippen molar-refractivity contribution in [1.82, 2.24) is 9.88 Å². The van der Waals surface area contributed by atoms with E-state index in [0.717, 1.165) is 47.3 Å². The predicted octanol–water partition coefficient (Wildman–Crippen LogP) is 3.22. The standard InChI is InChI=1S/C22H24N4O4S/c27-20(15-5-7-25(8-6-15)21(28)18-2-1-11-30-18)23-16-3-4-17-19(14-16)31-22(24-17)26-9-12-29-13-10-26/h1-4,11,14-15H,5-10,12-13H2,(H,23,27). The van der Waals surface area contributed by atoms with Crippen molar-refractivity contribution in [2.45, 2.75) is 12.8 Å². The van der Waals surface area contributed by atoms with Gasteiger partial charge in [0.2, 0.25) is 5.91 Å². The van der Waals surface area contributed by atoms with E-state index >= 15 is 0 Å². The van der Waals surface area contributed by atoms with Crippen molar-refractivity contribution in [3.63, 3.8) is 0 Å². The van der Waals surface area contributed by atoms with Gasteiger partial charge in [-0.2, -0.15) is 0 Å². The number of morpholine rings is 1. The van der Waals surface area contributed by atoms with Crippen molar-refractivity contribution in [2.24, 2.45) is 5.92 Å². The maximum absolute atomic E-state index is 12.8. The molecule has 1 aromatic carbocycles. The van der Waals surface area contributed by atoms with E-state index in [1.165, 1.54) is 6.26 Å². The van der Waals surface area contributed by atoms with Crippen LogP contribution in [-0.2, 0) is 9.53 Å². The molecule has 2 amide bonds. The van der Waals surface area contributed by atoms with Gasteiger partial charge in [0.05, 0.1) is 29.7 Å². The van der Waals surface area contributed by atoms with Gasteiger partial charge in [-0.05, 0) is 43.2 Å². The number of hydrogen-bond donors (Lipinski definition) is 1. The SMILES string of the molecule is O=C(Nc1ccc2nc(N3CCOCC3)sc2c1)C1CCN(C(=O)c2ccco2)CC1. The van der Waals surface area contributed by atoms with Crippen molar-refractivity contribution in [3.05, 3.63) is 42.4 Å². The summed E-state index contributed by atoms with van der Waals surface area (Å²) in [6, 6.07) is 9.22. The molecular formula is C22H24N4O4S. The Labute approximate surface area is 183 Å². The highest BCUT2D eigenvalue weighted by molar-refractivity contribution is 7.22. The van der Waals surface area contributed by atoms with Crippen molar-refractivity contribution < 1.29 is 18.7 Å². The van der Waals surface area contributed by atoms with Gasteiger partial charge < -0.3 is 24.3 Å². The molecule has 2 saturated heterocycles. The molecule has 1 N–H and O–H groups in total. The maximum Gasteiger partial charge on any atom is 0.289 e. The average Bonchev–Trinajstić information content (AvgIpc) is 3.49.